The Balaban J connectivity index is 2.69. The zero-order valence-electron chi connectivity index (χ0n) is 8.64. The average molecular weight is 227 g/mol. The first-order valence-corrected chi connectivity index (χ1v) is 5.88. The number of anilines is 1. The van der Waals surface area contributed by atoms with E-state index >= 15 is 0 Å². The fourth-order valence-electron chi connectivity index (χ4n) is 1.16. The number of rotatable bonds is 5. The first-order valence-electron chi connectivity index (χ1n) is 4.49. The van der Waals surface area contributed by atoms with Gasteiger partial charge in [0.15, 0.2) is 0 Å². The van der Waals surface area contributed by atoms with Crippen LogP contribution in [0, 0.1) is 10.1 Å². The standard InChI is InChI=1S/C9H13N3O2S/c1-7(6-15-2)11-9-5-8(12(13)14)3-4-10-9/h3-5,7H,6H2,1-2H3,(H,10,11). The summed E-state index contributed by atoms with van der Waals surface area (Å²) in [5.41, 5.74) is 0.0591. The van der Waals surface area contributed by atoms with Gasteiger partial charge in [0.05, 0.1) is 11.0 Å². The second-order valence-corrected chi connectivity index (χ2v) is 4.07. The molecule has 1 aromatic heterocycles. The second kappa shape index (κ2) is 5.55. The zero-order valence-corrected chi connectivity index (χ0v) is 9.45. The third kappa shape index (κ3) is 3.75. The molecule has 1 heterocycles. The second-order valence-electron chi connectivity index (χ2n) is 3.16. The van der Waals surface area contributed by atoms with Crippen LogP contribution in [0.2, 0.25) is 0 Å². The predicted octanol–water partition coefficient (Wildman–Crippen LogP) is 2.15. The average Bonchev–Trinajstić information content (AvgIpc) is 2.18. The predicted molar refractivity (Wildman–Crippen MR) is 62.4 cm³/mol. The van der Waals surface area contributed by atoms with Gasteiger partial charge in [-0.25, -0.2) is 4.98 Å². The van der Waals surface area contributed by atoms with E-state index in [0.29, 0.717) is 5.82 Å². The van der Waals surface area contributed by atoms with Crippen LogP contribution in [0.1, 0.15) is 6.92 Å². The SMILES string of the molecule is CSCC(C)Nc1cc([N+](=O)[O-])ccn1. The molecule has 0 amide bonds. The number of pyridine rings is 1. The third-order valence-corrected chi connectivity index (χ3v) is 2.60. The molecule has 0 bridgehead atoms. The van der Waals surface area contributed by atoms with Crippen LogP contribution in [0.15, 0.2) is 18.3 Å². The van der Waals surface area contributed by atoms with Crippen LogP contribution in [0.5, 0.6) is 0 Å². The number of nitrogens with zero attached hydrogens (tertiary/aromatic N) is 2. The Bertz CT molecular complexity index is 346. The molecule has 15 heavy (non-hydrogen) atoms. The molecule has 0 aromatic carbocycles. The molecule has 1 unspecified atom stereocenters. The van der Waals surface area contributed by atoms with Gasteiger partial charge in [-0.1, -0.05) is 0 Å². The monoisotopic (exact) mass is 227 g/mol. The Hall–Kier alpha value is -1.30. The molecule has 6 heteroatoms. The minimum absolute atomic E-state index is 0.0591. The molecule has 0 spiro atoms. The van der Waals surface area contributed by atoms with Crippen molar-refractivity contribution < 1.29 is 4.92 Å². The maximum atomic E-state index is 10.5. The van der Waals surface area contributed by atoms with Crippen molar-refractivity contribution in [2.75, 3.05) is 17.3 Å². The number of thioether (sulfide) groups is 1. The van der Waals surface area contributed by atoms with Crippen molar-refractivity contribution in [1.29, 1.82) is 0 Å². The highest BCUT2D eigenvalue weighted by Gasteiger charge is 2.08. The number of nitrogens with one attached hydrogen (secondary N) is 1. The maximum Gasteiger partial charge on any atom is 0.274 e. The lowest BCUT2D eigenvalue weighted by Gasteiger charge is -2.12. The van der Waals surface area contributed by atoms with Gasteiger partial charge in [0.1, 0.15) is 5.82 Å². The number of aromatic nitrogens is 1. The highest BCUT2D eigenvalue weighted by atomic mass is 32.2. The van der Waals surface area contributed by atoms with E-state index < -0.39 is 4.92 Å². The summed E-state index contributed by atoms with van der Waals surface area (Å²) in [5.74, 6) is 1.48. The highest BCUT2D eigenvalue weighted by molar-refractivity contribution is 7.98. The summed E-state index contributed by atoms with van der Waals surface area (Å²) >= 11 is 1.72. The normalized spacial score (nSPS) is 12.1. The van der Waals surface area contributed by atoms with Crippen LogP contribution in [-0.2, 0) is 0 Å². The number of hydrogen-bond donors (Lipinski definition) is 1. The zero-order chi connectivity index (χ0) is 11.3. The molecular weight excluding hydrogens is 214 g/mol. The van der Waals surface area contributed by atoms with Crippen LogP contribution in [-0.4, -0.2) is 28.0 Å². The van der Waals surface area contributed by atoms with E-state index in [1.54, 1.807) is 11.8 Å². The molecule has 1 N–H and O–H groups in total. The molecule has 0 saturated heterocycles. The molecule has 1 atom stereocenters. The van der Waals surface area contributed by atoms with Crippen molar-refractivity contribution in [1.82, 2.24) is 4.98 Å². The minimum Gasteiger partial charge on any atom is -0.367 e. The Morgan fingerprint density at radius 2 is 2.47 bits per heavy atom. The topological polar surface area (TPSA) is 68.1 Å². The molecule has 1 aromatic rings. The molecule has 0 aliphatic carbocycles. The maximum absolute atomic E-state index is 10.5. The van der Waals surface area contributed by atoms with Crippen molar-refractivity contribution in [2.24, 2.45) is 0 Å². The van der Waals surface area contributed by atoms with Gasteiger partial charge in [0, 0.05) is 24.1 Å². The van der Waals surface area contributed by atoms with Crippen LogP contribution in [0.4, 0.5) is 11.5 Å². The largest absolute Gasteiger partial charge is 0.367 e. The van der Waals surface area contributed by atoms with E-state index in [4.69, 9.17) is 0 Å². The van der Waals surface area contributed by atoms with E-state index in [2.05, 4.69) is 10.3 Å². The third-order valence-electron chi connectivity index (χ3n) is 1.77. The number of nitro groups is 1. The molecule has 82 valence electrons. The Morgan fingerprint density at radius 1 is 1.73 bits per heavy atom. The van der Waals surface area contributed by atoms with Gasteiger partial charge in [-0.2, -0.15) is 11.8 Å². The quantitative estimate of drug-likeness (QED) is 0.616. The Kier molecular flexibility index (Phi) is 4.36. The molecule has 0 aliphatic rings. The summed E-state index contributed by atoms with van der Waals surface area (Å²) < 4.78 is 0. The van der Waals surface area contributed by atoms with E-state index in [-0.39, 0.29) is 11.7 Å². The molecule has 5 nitrogen and oxygen atoms in total. The van der Waals surface area contributed by atoms with E-state index in [9.17, 15) is 10.1 Å². The van der Waals surface area contributed by atoms with Crippen molar-refractivity contribution in [2.45, 2.75) is 13.0 Å². The number of hydrogen-bond acceptors (Lipinski definition) is 5. The van der Waals surface area contributed by atoms with Gasteiger partial charge in [-0.3, -0.25) is 10.1 Å². The fourth-order valence-corrected chi connectivity index (χ4v) is 1.74. The summed E-state index contributed by atoms with van der Waals surface area (Å²) in [7, 11) is 0. The first kappa shape index (κ1) is 11.8. The summed E-state index contributed by atoms with van der Waals surface area (Å²) in [6, 6.07) is 3.07. The molecular formula is C9H13N3O2S. The lowest BCUT2D eigenvalue weighted by atomic mass is 10.3. The summed E-state index contributed by atoms with van der Waals surface area (Å²) in [4.78, 5) is 14.1. The van der Waals surface area contributed by atoms with Crippen LogP contribution >= 0.6 is 11.8 Å². The van der Waals surface area contributed by atoms with Crippen molar-refractivity contribution in [3.05, 3.63) is 28.4 Å². The van der Waals surface area contributed by atoms with Crippen LogP contribution in [0.25, 0.3) is 0 Å². The molecule has 0 fully saturated rings. The molecule has 0 saturated carbocycles. The van der Waals surface area contributed by atoms with Gasteiger partial charge in [0.2, 0.25) is 0 Å². The van der Waals surface area contributed by atoms with E-state index in [0.717, 1.165) is 5.75 Å². The first-order chi connectivity index (χ1) is 7.13. The van der Waals surface area contributed by atoms with Crippen molar-refractivity contribution in [3.63, 3.8) is 0 Å². The van der Waals surface area contributed by atoms with Gasteiger partial charge in [-0.15, -0.1) is 0 Å². The van der Waals surface area contributed by atoms with Crippen molar-refractivity contribution in [3.8, 4) is 0 Å². The summed E-state index contributed by atoms with van der Waals surface area (Å²) in [6.45, 7) is 2.01. The summed E-state index contributed by atoms with van der Waals surface area (Å²) in [5, 5.41) is 13.6. The van der Waals surface area contributed by atoms with Crippen molar-refractivity contribution >= 4 is 23.3 Å². The molecule has 1 rings (SSSR count). The van der Waals surface area contributed by atoms with E-state index in [1.165, 1.54) is 18.3 Å². The van der Waals surface area contributed by atoms with Crippen LogP contribution in [0.3, 0.4) is 0 Å². The van der Waals surface area contributed by atoms with Gasteiger partial charge >= 0.3 is 0 Å². The van der Waals surface area contributed by atoms with Gasteiger partial charge in [0.25, 0.3) is 5.69 Å². The smallest absolute Gasteiger partial charge is 0.274 e. The molecule has 0 radical (unpaired) electrons. The highest BCUT2D eigenvalue weighted by Crippen LogP contribution is 2.15. The van der Waals surface area contributed by atoms with Gasteiger partial charge in [-0.05, 0) is 13.2 Å². The minimum atomic E-state index is -0.425. The van der Waals surface area contributed by atoms with Gasteiger partial charge < -0.3 is 5.32 Å². The summed E-state index contributed by atoms with van der Waals surface area (Å²) in [6.07, 6.45) is 3.45. The van der Waals surface area contributed by atoms with E-state index in [1.807, 2.05) is 13.2 Å². The molecule has 0 aliphatic heterocycles. The fraction of sp³-hybridized carbons (Fsp3) is 0.444. The Labute approximate surface area is 92.4 Å². The lowest BCUT2D eigenvalue weighted by Crippen LogP contribution is -2.18. The Morgan fingerprint density at radius 3 is 3.07 bits per heavy atom. The van der Waals surface area contributed by atoms with Crippen LogP contribution < -0.4 is 5.32 Å². The lowest BCUT2D eigenvalue weighted by molar-refractivity contribution is -0.384.